The third-order valence-corrected chi connectivity index (χ3v) is 6.37. The number of rotatable bonds is 5. The van der Waals surface area contributed by atoms with Gasteiger partial charge < -0.3 is 15.7 Å². The molecule has 0 saturated heterocycles. The lowest BCUT2D eigenvalue weighted by molar-refractivity contribution is -0.116. The monoisotopic (exact) mass is 443 g/mol. The molecule has 0 radical (unpaired) electrons. The third-order valence-electron chi connectivity index (χ3n) is 4.46. The summed E-state index contributed by atoms with van der Waals surface area (Å²) in [6.45, 7) is 1.75. The second kappa shape index (κ2) is 8.20. The topological polar surface area (TPSA) is 133 Å². The maximum absolute atomic E-state index is 12.6. The molecule has 3 heterocycles. The number of carbonyl (C=O) groups is 3. The summed E-state index contributed by atoms with van der Waals surface area (Å²) in [7, 11) is 0. The zero-order valence-corrected chi connectivity index (χ0v) is 17.4. The Morgan fingerprint density at radius 2 is 2.10 bits per heavy atom. The lowest BCUT2D eigenvalue weighted by atomic mass is 9.99. The predicted octanol–water partition coefficient (Wildman–Crippen LogP) is 3.48. The van der Waals surface area contributed by atoms with Crippen molar-refractivity contribution in [2.75, 3.05) is 10.6 Å². The van der Waals surface area contributed by atoms with Crippen molar-refractivity contribution in [2.24, 2.45) is 0 Å². The molecule has 4 rings (SSSR count). The maximum atomic E-state index is 12.6. The molecule has 0 saturated carbocycles. The Hall–Kier alpha value is -3.31. The van der Waals surface area contributed by atoms with Crippen LogP contribution < -0.4 is 16.0 Å². The van der Waals surface area contributed by atoms with E-state index in [1.807, 2.05) is 23.6 Å². The molecule has 9 nitrogen and oxygen atoms in total. The molecule has 11 heteroatoms. The van der Waals surface area contributed by atoms with E-state index in [9.17, 15) is 14.4 Å². The summed E-state index contributed by atoms with van der Waals surface area (Å²) < 4.78 is 0. The van der Waals surface area contributed by atoms with Crippen LogP contribution in [0.25, 0.3) is 11.3 Å². The molecule has 30 heavy (non-hydrogen) atoms. The summed E-state index contributed by atoms with van der Waals surface area (Å²) >= 11 is 2.45. The van der Waals surface area contributed by atoms with Crippen LogP contribution in [0, 0.1) is 6.92 Å². The van der Waals surface area contributed by atoms with Crippen molar-refractivity contribution in [1.82, 2.24) is 15.3 Å². The highest BCUT2D eigenvalue weighted by molar-refractivity contribution is 7.15. The van der Waals surface area contributed by atoms with Crippen LogP contribution in [0.5, 0.6) is 0 Å². The van der Waals surface area contributed by atoms with E-state index in [2.05, 4.69) is 25.9 Å². The molecular formula is C19H17N5O4S2. The van der Waals surface area contributed by atoms with Crippen LogP contribution in [0.4, 0.5) is 15.6 Å². The van der Waals surface area contributed by atoms with Crippen LogP contribution >= 0.6 is 22.7 Å². The number of aryl methyl sites for hydroxylation is 2. The number of hydrogen-bond acceptors (Lipinski definition) is 7. The summed E-state index contributed by atoms with van der Waals surface area (Å²) in [5, 5.41) is 19.4. The zero-order valence-electron chi connectivity index (χ0n) is 15.8. The third kappa shape index (κ3) is 4.31. The van der Waals surface area contributed by atoms with Gasteiger partial charge in [0.25, 0.3) is 5.91 Å². The number of carbonyl (C=O) groups excluding carboxylic acids is 2. The first-order chi connectivity index (χ1) is 14.4. The Labute approximate surface area is 179 Å². The summed E-state index contributed by atoms with van der Waals surface area (Å²) in [5.41, 5.74) is 4.08. The van der Waals surface area contributed by atoms with Crippen molar-refractivity contribution in [2.45, 2.75) is 26.3 Å². The van der Waals surface area contributed by atoms with E-state index < -0.39 is 6.09 Å². The first kappa shape index (κ1) is 20.0. The van der Waals surface area contributed by atoms with Gasteiger partial charge in [0, 0.05) is 23.1 Å². The fraction of sp³-hybridized carbons (Fsp3) is 0.211. The smallest absolute Gasteiger partial charge is 0.405 e. The number of thiazole rings is 2. The van der Waals surface area contributed by atoms with Crippen LogP contribution in [0.2, 0.25) is 0 Å². The highest BCUT2D eigenvalue weighted by Crippen LogP contribution is 2.31. The minimum Gasteiger partial charge on any atom is -0.465 e. The molecule has 2 aromatic heterocycles. The van der Waals surface area contributed by atoms with E-state index in [1.54, 1.807) is 6.92 Å². The van der Waals surface area contributed by atoms with Crippen molar-refractivity contribution in [3.63, 3.8) is 0 Å². The fourth-order valence-corrected chi connectivity index (χ4v) is 4.66. The molecule has 0 unspecified atom stereocenters. The van der Waals surface area contributed by atoms with E-state index >= 15 is 0 Å². The van der Waals surface area contributed by atoms with Crippen molar-refractivity contribution in [3.8, 4) is 11.3 Å². The van der Waals surface area contributed by atoms with Gasteiger partial charge in [-0.1, -0.05) is 6.07 Å². The number of amides is 3. The minimum atomic E-state index is -1.14. The number of nitrogens with one attached hydrogen (secondary N) is 3. The van der Waals surface area contributed by atoms with E-state index in [4.69, 9.17) is 5.11 Å². The molecule has 0 atom stereocenters. The van der Waals surface area contributed by atoms with Crippen LogP contribution in [0.1, 0.15) is 32.4 Å². The lowest BCUT2D eigenvalue weighted by Gasteiger charge is -2.17. The molecule has 0 bridgehead atoms. The highest BCUT2D eigenvalue weighted by atomic mass is 32.1. The lowest BCUT2D eigenvalue weighted by Crippen LogP contribution is -2.19. The van der Waals surface area contributed by atoms with Gasteiger partial charge in [-0.15, -0.1) is 22.7 Å². The Kier molecular flexibility index (Phi) is 5.46. The number of nitrogens with zero attached hydrogens (tertiary/aromatic N) is 2. The maximum Gasteiger partial charge on any atom is 0.405 e. The van der Waals surface area contributed by atoms with Gasteiger partial charge in [0.15, 0.2) is 5.13 Å². The van der Waals surface area contributed by atoms with Crippen molar-refractivity contribution >= 4 is 51.4 Å². The minimum absolute atomic E-state index is 0.0224. The number of fused-ring (bicyclic) bond motifs is 1. The molecule has 3 amide bonds. The van der Waals surface area contributed by atoms with Gasteiger partial charge in [-0.2, -0.15) is 0 Å². The number of benzene rings is 1. The summed E-state index contributed by atoms with van der Waals surface area (Å²) in [6, 6.07) is 5.76. The summed E-state index contributed by atoms with van der Waals surface area (Å²) in [4.78, 5) is 43.9. The molecule has 1 aromatic carbocycles. The van der Waals surface area contributed by atoms with Gasteiger partial charge in [0.1, 0.15) is 9.88 Å². The first-order valence-corrected chi connectivity index (χ1v) is 10.7. The fourth-order valence-electron chi connectivity index (χ4n) is 3.05. The summed E-state index contributed by atoms with van der Waals surface area (Å²) in [5.74, 6) is -0.310. The molecule has 0 fully saturated rings. The van der Waals surface area contributed by atoms with Crippen LogP contribution in [-0.2, 0) is 17.8 Å². The van der Waals surface area contributed by atoms with E-state index in [0.717, 1.165) is 33.8 Å². The number of carboxylic acid groups (broad SMARTS) is 1. The van der Waals surface area contributed by atoms with Gasteiger partial charge >= 0.3 is 6.09 Å². The predicted molar refractivity (Wildman–Crippen MR) is 114 cm³/mol. The zero-order chi connectivity index (χ0) is 21.3. The van der Waals surface area contributed by atoms with E-state index in [1.165, 1.54) is 11.3 Å². The Bertz CT molecular complexity index is 1150. The normalized spacial score (nSPS) is 12.8. The molecule has 3 aromatic rings. The Morgan fingerprint density at radius 1 is 1.27 bits per heavy atom. The van der Waals surface area contributed by atoms with Gasteiger partial charge in [-0.25, -0.2) is 14.8 Å². The average molecular weight is 444 g/mol. The average Bonchev–Trinajstić information content (AvgIpc) is 3.32. The second-order valence-electron chi connectivity index (χ2n) is 6.59. The SMILES string of the molecule is Cc1nc(CNC(=O)O)sc1C(=O)Nc1nc(-c2ccc3c(c2)CCC(=O)N3)cs1. The second-order valence-corrected chi connectivity index (χ2v) is 8.53. The van der Waals surface area contributed by atoms with E-state index in [-0.39, 0.29) is 18.4 Å². The van der Waals surface area contributed by atoms with Crippen LogP contribution in [-0.4, -0.2) is 33.0 Å². The number of anilines is 2. The summed E-state index contributed by atoms with van der Waals surface area (Å²) in [6.07, 6.45) is 0.00755. The van der Waals surface area contributed by atoms with Gasteiger partial charge in [-0.3, -0.25) is 14.9 Å². The van der Waals surface area contributed by atoms with Crippen molar-refractivity contribution < 1.29 is 19.5 Å². The Balaban J connectivity index is 1.47. The van der Waals surface area contributed by atoms with Gasteiger partial charge in [0.05, 0.1) is 17.9 Å². The van der Waals surface area contributed by atoms with Crippen LogP contribution in [0.3, 0.4) is 0 Å². The highest BCUT2D eigenvalue weighted by Gasteiger charge is 2.19. The van der Waals surface area contributed by atoms with Crippen molar-refractivity contribution in [1.29, 1.82) is 0 Å². The van der Waals surface area contributed by atoms with E-state index in [0.29, 0.717) is 33.6 Å². The number of hydrogen-bond donors (Lipinski definition) is 4. The molecule has 1 aliphatic heterocycles. The molecule has 0 aliphatic carbocycles. The largest absolute Gasteiger partial charge is 0.465 e. The molecule has 1 aliphatic rings. The van der Waals surface area contributed by atoms with Gasteiger partial charge in [-0.05, 0) is 31.0 Å². The molecule has 4 N–H and O–H groups in total. The van der Waals surface area contributed by atoms with Crippen LogP contribution in [0.15, 0.2) is 23.6 Å². The first-order valence-electron chi connectivity index (χ1n) is 9.02. The molecule has 0 spiro atoms. The molecule has 154 valence electrons. The van der Waals surface area contributed by atoms with Gasteiger partial charge in [0.2, 0.25) is 5.91 Å². The quantitative estimate of drug-likeness (QED) is 0.477. The molecular weight excluding hydrogens is 426 g/mol. The van der Waals surface area contributed by atoms with Crippen molar-refractivity contribution in [3.05, 3.63) is 44.7 Å². The Morgan fingerprint density at radius 3 is 2.90 bits per heavy atom. The number of aromatic nitrogens is 2. The standard InChI is InChI=1S/C19H17N5O4S2/c1-9-16(30-15(21-9)7-20-19(27)28)17(26)24-18-23-13(8-29-18)11-2-4-12-10(6-11)3-5-14(25)22-12/h2,4,6,8,20H,3,5,7H2,1H3,(H,22,25)(H,27,28)(H,23,24,26).